The Morgan fingerprint density at radius 1 is 1.10 bits per heavy atom. The van der Waals surface area contributed by atoms with Crippen LogP contribution in [0.25, 0.3) is 0 Å². The summed E-state index contributed by atoms with van der Waals surface area (Å²) in [6.07, 6.45) is 4.38. The SMILES string of the molecule is C1CCOC1.CC1CCO1. The minimum Gasteiger partial charge on any atom is -0.381 e. The van der Waals surface area contributed by atoms with Crippen molar-refractivity contribution in [2.75, 3.05) is 19.8 Å². The summed E-state index contributed by atoms with van der Waals surface area (Å²) in [4.78, 5) is 0. The summed E-state index contributed by atoms with van der Waals surface area (Å²) in [6, 6.07) is 0. The van der Waals surface area contributed by atoms with Crippen LogP contribution in [0.15, 0.2) is 0 Å². The maximum atomic E-state index is 4.94. The van der Waals surface area contributed by atoms with Gasteiger partial charge in [-0.05, 0) is 26.2 Å². The van der Waals surface area contributed by atoms with Crippen LogP contribution in [0.2, 0.25) is 0 Å². The molecule has 2 aliphatic heterocycles. The quantitative estimate of drug-likeness (QED) is 0.514. The highest BCUT2D eigenvalue weighted by Gasteiger charge is 2.09. The van der Waals surface area contributed by atoms with Gasteiger partial charge in [0, 0.05) is 19.8 Å². The van der Waals surface area contributed by atoms with Crippen molar-refractivity contribution in [2.24, 2.45) is 0 Å². The highest BCUT2D eigenvalue weighted by molar-refractivity contribution is 4.57. The summed E-state index contributed by atoms with van der Waals surface area (Å²) in [7, 11) is 0. The minimum absolute atomic E-state index is 0.565. The third kappa shape index (κ3) is 3.18. The molecule has 2 aliphatic rings. The third-order valence-electron chi connectivity index (χ3n) is 1.75. The number of hydrogen-bond acceptors (Lipinski definition) is 2. The van der Waals surface area contributed by atoms with E-state index in [1.54, 1.807) is 0 Å². The highest BCUT2D eigenvalue weighted by Crippen LogP contribution is 2.07. The normalized spacial score (nSPS) is 30.3. The van der Waals surface area contributed by atoms with Gasteiger partial charge in [-0.2, -0.15) is 0 Å². The predicted octanol–water partition coefficient (Wildman–Crippen LogP) is 1.59. The second-order valence-corrected chi connectivity index (χ2v) is 2.79. The van der Waals surface area contributed by atoms with E-state index >= 15 is 0 Å². The van der Waals surface area contributed by atoms with E-state index in [1.807, 2.05) is 0 Å². The summed E-state index contributed by atoms with van der Waals surface area (Å²) in [5.41, 5.74) is 0. The van der Waals surface area contributed by atoms with Crippen LogP contribution in [0.1, 0.15) is 26.2 Å². The van der Waals surface area contributed by atoms with Crippen LogP contribution in [0, 0.1) is 0 Å². The van der Waals surface area contributed by atoms with E-state index in [0.29, 0.717) is 6.10 Å². The van der Waals surface area contributed by atoms with Crippen molar-refractivity contribution in [3.8, 4) is 0 Å². The smallest absolute Gasteiger partial charge is 0.0568 e. The summed E-state index contributed by atoms with van der Waals surface area (Å²) in [6.45, 7) is 5.07. The van der Waals surface area contributed by atoms with E-state index in [1.165, 1.54) is 19.3 Å². The molecular weight excluding hydrogens is 128 g/mol. The molecular formula is C8H16O2. The van der Waals surface area contributed by atoms with Crippen LogP contribution in [-0.2, 0) is 9.47 Å². The lowest BCUT2D eigenvalue weighted by Crippen LogP contribution is -2.22. The van der Waals surface area contributed by atoms with Crippen LogP contribution in [0.3, 0.4) is 0 Å². The number of ether oxygens (including phenoxy) is 2. The lowest BCUT2D eigenvalue weighted by atomic mass is 10.2. The third-order valence-corrected chi connectivity index (χ3v) is 1.75. The van der Waals surface area contributed by atoms with Crippen molar-refractivity contribution in [3.63, 3.8) is 0 Å². The molecule has 0 aromatic carbocycles. The van der Waals surface area contributed by atoms with Gasteiger partial charge in [0.25, 0.3) is 0 Å². The summed E-state index contributed by atoms with van der Waals surface area (Å²) in [5, 5.41) is 0. The van der Waals surface area contributed by atoms with Crippen LogP contribution < -0.4 is 0 Å². The first kappa shape index (κ1) is 8.02. The van der Waals surface area contributed by atoms with Crippen LogP contribution in [0.5, 0.6) is 0 Å². The first-order valence-electron chi connectivity index (χ1n) is 4.09. The first-order chi connectivity index (χ1) is 4.89. The largest absolute Gasteiger partial charge is 0.381 e. The molecule has 0 radical (unpaired) electrons. The molecule has 1 unspecified atom stereocenters. The van der Waals surface area contributed by atoms with Crippen LogP contribution >= 0.6 is 0 Å². The van der Waals surface area contributed by atoms with Gasteiger partial charge in [0.15, 0.2) is 0 Å². The Morgan fingerprint density at radius 2 is 1.60 bits per heavy atom. The van der Waals surface area contributed by atoms with Gasteiger partial charge < -0.3 is 9.47 Å². The van der Waals surface area contributed by atoms with Gasteiger partial charge in [-0.25, -0.2) is 0 Å². The zero-order chi connectivity index (χ0) is 7.23. The molecule has 1 atom stereocenters. The Kier molecular flexibility index (Phi) is 3.76. The maximum absolute atomic E-state index is 4.94. The van der Waals surface area contributed by atoms with Gasteiger partial charge >= 0.3 is 0 Å². The van der Waals surface area contributed by atoms with Crippen molar-refractivity contribution in [1.29, 1.82) is 0 Å². The van der Waals surface area contributed by atoms with Gasteiger partial charge in [-0.1, -0.05) is 0 Å². The van der Waals surface area contributed by atoms with Crippen molar-refractivity contribution in [3.05, 3.63) is 0 Å². The topological polar surface area (TPSA) is 18.5 Å². The second kappa shape index (κ2) is 4.69. The minimum atomic E-state index is 0.565. The first-order valence-corrected chi connectivity index (χ1v) is 4.09. The van der Waals surface area contributed by atoms with Gasteiger partial charge in [-0.3, -0.25) is 0 Å². The second-order valence-electron chi connectivity index (χ2n) is 2.79. The zero-order valence-corrected chi connectivity index (χ0v) is 6.64. The van der Waals surface area contributed by atoms with E-state index in [-0.39, 0.29) is 0 Å². The molecule has 2 nitrogen and oxygen atoms in total. The Labute approximate surface area is 62.5 Å². The molecule has 2 heteroatoms. The summed E-state index contributed by atoms with van der Waals surface area (Å²) in [5.74, 6) is 0. The van der Waals surface area contributed by atoms with Gasteiger partial charge in [-0.15, -0.1) is 0 Å². The Balaban J connectivity index is 0.0000001000. The standard InChI is InChI=1S/2C4H8O/c1-4-2-3-5-4;1-2-4-5-3-1/h4H,2-3H2,1H3;1-4H2. The lowest BCUT2D eigenvalue weighted by Gasteiger charge is -2.20. The molecule has 0 amide bonds. The number of rotatable bonds is 0. The van der Waals surface area contributed by atoms with Crippen molar-refractivity contribution >= 4 is 0 Å². The van der Waals surface area contributed by atoms with Gasteiger partial charge in [0.1, 0.15) is 0 Å². The van der Waals surface area contributed by atoms with E-state index < -0.39 is 0 Å². The fourth-order valence-corrected chi connectivity index (χ4v) is 0.864. The zero-order valence-electron chi connectivity index (χ0n) is 6.64. The molecule has 2 rings (SSSR count). The molecule has 60 valence electrons. The van der Waals surface area contributed by atoms with Crippen LogP contribution in [0.4, 0.5) is 0 Å². The van der Waals surface area contributed by atoms with Crippen molar-refractivity contribution < 1.29 is 9.47 Å². The average Bonchev–Trinajstić information content (AvgIpc) is 2.38. The molecule has 0 aromatic heterocycles. The Morgan fingerprint density at radius 3 is 1.70 bits per heavy atom. The van der Waals surface area contributed by atoms with E-state index in [2.05, 4.69) is 6.92 Å². The van der Waals surface area contributed by atoms with E-state index in [0.717, 1.165) is 19.8 Å². The predicted molar refractivity (Wildman–Crippen MR) is 40.1 cm³/mol. The van der Waals surface area contributed by atoms with Crippen molar-refractivity contribution in [2.45, 2.75) is 32.3 Å². The number of hydrogen-bond donors (Lipinski definition) is 0. The Hall–Kier alpha value is -0.0800. The van der Waals surface area contributed by atoms with Gasteiger partial charge in [0.2, 0.25) is 0 Å². The monoisotopic (exact) mass is 144 g/mol. The fourth-order valence-electron chi connectivity index (χ4n) is 0.864. The van der Waals surface area contributed by atoms with E-state index in [9.17, 15) is 0 Å². The average molecular weight is 144 g/mol. The summed E-state index contributed by atoms with van der Waals surface area (Å²) >= 11 is 0. The maximum Gasteiger partial charge on any atom is 0.0568 e. The summed E-state index contributed by atoms with van der Waals surface area (Å²) < 4.78 is 9.88. The molecule has 2 heterocycles. The highest BCUT2D eigenvalue weighted by atomic mass is 16.5. The molecule has 0 N–H and O–H groups in total. The van der Waals surface area contributed by atoms with E-state index in [4.69, 9.17) is 9.47 Å². The van der Waals surface area contributed by atoms with Gasteiger partial charge in [0.05, 0.1) is 6.10 Å². The Bertz CT molecular complexity index is 67.7. The lowest BCUT2D eigenvalue weighted by molar-refractivity contribution is -0.0375. The molecule has 2 saturated heterocycles. The molecule has 0 saturated carbocycles. The molecule has 0 aliphatic carbocycles. The fraction of sp³-hybridized carbons (Fsp3) is 1.00. The molecule has 2 fully saturated rings. The van der Waals surface area contributed by atoms with Crippen LogP contribution in [-0.4, -0.2) is 25.9 Å². The molecule has 0 spiro atoms. The van der Waals surface area contributed by atoms with Crippen molar-refractivity contribution in [1.82, 2.24) is 0 Å². The molecule has 0 bridgehead atoms. The molecule has 0 aromatic rings. The molecule has 10 heavy (non-hydrogen) atoms.